The molecule has 4 rings (SSSR count). The lowest BCUT2D eigenvalue weighted by atomic mass is 9.83. The van der Waals surface area contributed by atoms with Gasteiger partial charge in [-0.05, 0) is 60.7 Å². The maximum Gasteiger partial charge on any atom is 0.255 e. The van der Waals surface area contributed by atoms with Gasteiger partial charge in [0.25, 0.3) is 5.56 Å². The summed E-state index contributed by atoms with van der Waals surface area (Å²) >= 11 is 0. The topological polar surface area (TPSA) is 112 Å². The summed E-state index contributed by atoms with van der Waals surface area (Å²) in [5.41, 5.74) is 2.35. The van der Waals surface area contributed by atoms with E-state index in [1.54, 1.807) is 24.4 Å². The van der Waals surface area contributed by atoms with E-state index < -0.39 is 16.1 Å². The van der Waals surface area contributed by atoms with Crippen LogP contribution in [0.25, 0.3) is 22.1 Å². The smallest absolute Gasteiger partial charge is 0.255 e. The van der Waals surface area contributed by atoms with Crippen molar-refractivity contribution in [1.82, 2.24) is 14.6 Å². The molecule has 1 fully saturated rings. The minimum absolute atomic E-state index is 0.153. The number of likely N-dealkylation sites (N-methyl/N-ethyl adjacent to an activating group) is 1. The Morgan fingerprint density at radius 1 is 1.26 bits per heavy atom. The molecule has 0 saturated carbocycles. The van der Waals surface area contributed by atoms with Crippen LogP contribution in [0.3, 0.4) is 0 Å². The van der Waals surface area contributed by atoms with Gasteiger partial charge in [-0.1, -0.05) is 20.8 Å². The highest BCUT2D eigenvalue weighted by Crippen LogP contribution is 2.37. The van der Waals surface area contributed by atoms with Gasteiger partial charge in [0, 0.05) is 29.8 Å². The molecule has 34 heavy (non-hydrogen) atoms. The number of ketones is 1. The monoisotopic (exact) mass is 485 g/mol. The minimum Gasteiger partial charge on any atom is -0.463 e. The van der Waals surface area contributed by atoms with Crippen LogP contribution in [0.1, 0.15) is 43.1 Å². The van der Waals surface area contributed by atoms with Crippen LogP contribution in [0.4, 0.5) is 0 Å². The fraction of sp³-hybridized carbons (Fsp3) is 0.440. The molecular weight excluding hydrogens is 454 g/mol. The number of carbonyl (C=O) groups is 1. The summed E-state index contributed by atoms with van der Waals surface area (Å²) in [4.78, 5) is 29.1. The summed E-state index contributed by atoms with van der Waals surface area (Å²) in [5.74, 6) is -0.459. The Hall–Kier alpha value is -2.75. The molecular formula is C25H31N3O5S. The Balaban J connectivity index is 1.93. The van der Waals surface area contributed by atoms with Crippen molar-refractivity contribution in [2.45, 2.75) is 38.6 Å². The zero-order valence-corrected chi connectivity index (χ0v) is 21.0. The molecule has 9 heteroatoms. The Morgan fingerprint density at radius 3 is 2.59 bits per heavy atom. The van der Waals surface area contributed by atoms with Crippen LogP contribution in [-0.4, -0.2) is 55.9 Å². The zero-order valence-electron chi connectivity index (χ0n) is 20.1. The summed E-state index contributed by atoms with van der Waals surface area (Å²) in [6, 6.07) is 6.34. The second-order valence-electron chi connectivity index (χ2n) is 10.1. The molecule has 1 saturated heterocycles. The highest BCUT2D eigenvalue weighted by atomic mass is 32.2. The molecule has 0 radical (unpaired) electrons. The van der Waals surface area contributed by atoms with E-state index in [0.717, 1.165) is 18.4 Å². The number of rotatable bonds is 6. The number of carbonyl (C=O) groups excluding carboxylic acids is 1. The van der Waals surface area contributed by atoms with E-state index in [0.29, 0.717) is 40.6 Å². The molecule has 0 spiro atoms. The number of sulfonamides is 1. The van der Waals surface area contributed by atoms with Crippen molar-refractivity contribution in [2.75, 3.05) is 26.4 Å². The third-order valence-electron chi connectivity index (χ3n) is 6.60. The summed E-state index contributed by atoms with van der Waals surface area (Å²) < 4.78 is 31.9. The summed E-state index contributed by atoms with van der Waals surface area (Å²) in [7, 11) is -2.16. The van der Waals surface area contributed by atoms with Gasteiger partial charge in [-0.25, -0.2) is 8.42 Å². The summed E-state index contributed by atoms with van der Waals surface area (Å²) in [6.07, 6.45) is 4.81. The molecule has 2 N–H and O–H groups in total. The highest BCUT2D eigenvalue weighted by molar-refractivity contribution is 7.88. The second-order valence-corrected chi connectivity index (χ2v) is 12.1. The number of nitrogens with one attached hydrogen (secondary N) is 2. The SMILES string of the molecule is CN([C@H](C(=O)c1coc2c(C(C)(C)C)cc(-c3ccc[nH]c3=O)cc12)C1CCNC1)S(C)(=O)=O. The van der Waals surface area contributed by atoms with Gasteiger partial charge in [0.1, 0.15) is 11.8 Å². The molecule has 0 bridgehead atoms. The number of aromatic nitrogens is 1. The Bertz CT molecular complexity index is 1390. The fourth-order valence-corrected chi connectivity index (χ4v) is 5.36. The van der Waals surface area contributed by atoms with Gasteiger partial charge < -0.3 is 14.7 Å². The Kier molecular flexibility index (Phi) is 6.30. The molecule has 2 aromatic heterocycles. The molecule has 1 unspecified atom stereocenters. The minimum atomic E-state index is -3.61. The van der Waals surface area contributed by atoms with Crippen LogP contribution >= 0.6 is 0 Å². The van der Waals surface area contributed by atoms with Crippen molar-refractivity contribution in [2.24, 2.45) is 5.92 Å². The lowest BCUT2D eigenvalue weighted by Gasteiger charge is -2.29. The van der Waals surface area contributed by atoms with Gasteiger partial charge in [-0.15, -0.1) is 0 Å². The number of hydrogen-bond acceptors (Lipinski definition) is 6. The van der Waals surface area contributed by atoms with Crippen LogP contribution < -0.4 is 10.9 Å². The van der Waals surface area contributed by atoms with Crippen LogP contribution in [0.2, 0.25) is 0 Å². The van der Waals surface area contributed by atoms with E-state index in [9.17, 15) is 18.0 Å². The van der Waals surface area contributed by atoms with Gasteiger partial charge in [-0.2, -0.15) is 4.31 Å². The molecule has 2 atom stereocenters. The maximum atomic E-state index is 13.9. The molecule has 3 aromatic rings. The molecule has 1 aromatic carbocycles. The van der Waals surface area contributed by atoms with Gasteiger partial charge >= 0.3 is 0 Å². The number of hydrogen-bond donors (Lipinski definition) is 2. The first-order chi connectivity index (χ1) is 15.9. The highest BCUT2D eigenvalue weighted by Gasteiger charge is 2.39. The van der Waals surface area contributed by atoms with E-state index >= 15 is 0 Å². The van der Waals surface area contributed by atoms with Gasteiger partial charge in [0.05, 0.1) is 17.9 Å². The first-order valence-corrected chi connectivity index (χ1v) is 13.2. The van der Waals surface area contributed by atoms with Crippen molar-refractivity contribution < 1.29 is 17.6 Å². The lowest BCUT2D eigenvalue weighted by molar-refractivity contribution is 0.0864. The van der Waals surface area contributed by atoms with Gasteiger partial charge in [0.15, 0.2) is 5.78 Å². The van der Waals surface area contributed by atoms with Crippen molar-refractivity contribution in [3.8, 4) is 11.1 Å². The molecule has 1 aliphatic heterocycles. The number of Topliss-reactive ketones (excluding diaryl/α,β-unsaturated/α-hetero) is 1. The summed E-state index contributed by atoms with van der Waals surface area (Å²) in [6.45, 7) is 7.40. The molecule has 1 aliphatic rings. The molecule has 8 nitrogen and oxygen atoms in total. The maximum absolute atomic E-state index is 13.9. The van der Waals surface area contributed by atoms with E-state index in [1.165, 1.54) is 17.6 Å². The van der Waals surface area contributed by atoms with Crippen LogP contribution in [-0.2, 0) is 15.4 Å². The molecule has 182 valence electrons. The van der Waals surface area contributed by atoms with E-state index in [1.807, 2.05) is 26.8 Å². The third kappa shape index (κ3) is 4.47. The quantitative estimate of drug-likeness (QED) is 0.519. The van der Waals surface area contributed by atoms with Crippen molar-refractivity contribution >= 4 is 26.8 Å². The van der Waals surface area contributed by atoms with Gasteiger partial charge in [0.2, 0.25) is 10.0 Å². The Morgan fingerprint density at radius 2 is 2.00 bits per heavy atom. The van der Waals surface area contributed by atoms with Crippen LogP contribution in [0, 0.1) is 5.92 Å². The third-order valence-corrected chi connectivity index (χ3v) is 7.88. The average Bonchev–Trinajstić information content (AvgIpc) is 3.42. The van der Waals surface area contributed by atoms with Crippen LogP contribution in [0.5, 0.6) is 0 Å². The average molecular weight is 486 g/mol. The standard InChI is InChI=1S/C25H31N3O5S/c1-25(2,3)20-12-16(17-7-6-9-27-24(17)30)11-18-19(14-33-23(18)20)22(29)21(15-8-10-26-13-15)28(4)34(5,31)32/h6-7,9,11-12,14-15,21,26H,8,10,13H2,1-5H3,(H,27,30)/t15?,21-/m0/s1. The normalized spacial score (nSPS) is 18.0. The van der Waals surface area contributed by atoms with E-state index in [-0.39, 0.29) is 22.7 Å². The molecule has 0 amide bonds. The number of furan rings is 1. The number of fused-ring (bicyclic) bond motifs is 1. The number of benzene rings is 1. The van der Waals surface area contributed by atoms with Crippen molar-refractivity contribution in [1.29, 1.82) is 0 Å². The summed E-state index contributed by atoms with van der Waals surface area (Å²) in [5, 5.41) is 3.80. The number of nitrogens with zero attached hydrogens (tertiary/aromatic N) is 1. The lowest BCUT2D eigenvalue weighted by Crippen LogP contribution is -2.47. The zero-order chi connectivity index (χ0) is 24.8. The second kappa shape index (κ2) is 8.79. The largest absolute Gasteiger partial charge is 0.463 e. The van der Waals surface area contributed by atoms with Crippen molar-refractivity contribution in [3.05, 3.63) is 58.2 Å². The molecule has 3 heterocycles. The van der Waals surface area contributed by atoms with E-state index in [4.69, 9.17) is 4.42 Å². The molecule has 0 aliphatic carbocycles. The van der Waals surface area contributed by atoms with E-state index in [2.05, 4.69) is 10.3 Å². The predicted molar refractivity (Wildman–Crippen MR) is 133 cm³/mol. The van der Waals surface area contributed by atoms with Gasteiger partial charge in [-0.3, -0.25) is 9.59 Å². The van der Waals surface area contributed by atoms with Crippen molar-refractivity contribution in [3.63, 3.8) is 0 Å². The Labute approximate surface area is 199 Å². The number of H-pyrrole nitrogens is 1. The predicted octanol–water partition coefficient (Wildman–Crippen LogP) is 3.14. The van der Waals surface area contributed by atoms with Crippen LogP contribution in [0.15, 0.2) is 45.9 Å². The fourth-order valence-electron chi connectivity index (χ4n) is 4.68. The first kappa shape index (κ1) is 24.4. The number of pyridine rings is 1. The number of aromatic amines is 1. The first-order valence-electron chi connectivity index (χ1n) is 11.3.